The molecule has 2 rings (SSSR count). The van der Waals surface area contributed by atoms with Crippen LogP contribution in [0, 0.1) is 17.2 Å². The van der Waals surface area contributed by atoms with Crippen LogP contribution in [0.4, 0.5) is 4.39 Å². The lowest BCUT2D eigenvalue weighted by Gasteiger charge is -2.40. The molecule has 20 heavy (non-hydrogen) atoms. The molecule has 0 heterocycles. The van der Waals surface area contributed by atoms with E-state index in [1.807, 2.05) is 6.07 Å². The molecule has 0 aliphatic heterocycles. The molecule has 1 aliphatic carbocycles. The van der Waals surface area contributed by atoms with Crippen molar-refractivity contribution in [3.63, 3.8) is 0 Å². The predicted molar refractivity (Wildman–Crippen MR) is 86.2 cm³/mol. The van der Waals surface area contributed by atoms with Crippen molar-refractivity contribution >= 4 is 15.9 Å². The molecule has 0 bridgehead atoms. The van der Waals surface area contributed by atoms with Gasteiger partial charge in [-0.2, -0.15) is 0 Å². The Morgan fingerprint density at radius 2 is 2.05 bits per heavy atom. The van der Waals surface area contributed by atoms with E-state index in [9.17, 15) is 4.39 Å². The van der Waals surface area contributed by atoms with Gasteiger partial charge in [0, 0.05) is 0 Å². The minimum absolute atomic E-state index is 0.167. The maximum atomic E-state index is 13.6. The van der Waals surface area contributed by atoms with Gasteiger partial charge in [0.05, 0.1) is 4.47 Å². The Hall–Kier alpha value is -0.410. The smallest absolute Gasteiger partial charge is 0.137 e. The third kappa shape index (κ3) is 3.62. The highest BCUT2D eigenvalue weighted by molar-refractivity contribution is 9.10. The van der Waals surface area contributed by atoms with Crippen LogP contribution in [-0.4, -0.2) is 6.54 Å². The Balaban J connectivity index is 2.07. The Morgan fingerprint density at radius 1 is 1.35 bits per heavy atom. The summed E-state index contributed by atoms with van der Waals surface area (Å²) in [5.74, 6) is 0.699. The van der Waals surface area contributed by atoms with Crippen LogP contribution < -0.4 is 5.73 Å². The zero-order valence-corrected chi connectivity index (χ0v) is 13.9. The minimum Gasteiger partial charge on any atom is -0.330 e. The first-order valence-electron chi connectivity index (χ1n) is 7.73. The van der Waals surface area contributed by atoms with Crippen LogP contribution in [0.15, 0.2) is 22.7 Å². The molecule has 3 heteroatoms. The van der Waals surface area contributed by atoms with E-state index in [4.69, 9.17) is 5.73 Å². The zero-order chi connectivity index (χ0) is 14.6. The van der Waals surface area contributed by atoms with Crippen LogP contribution in [0.1, 0.15) is 51.0 Å². The van der Waals surface area contributed by atoms with Crippen LogP contribution in [0.3, 0.4) is 0 Å². The van der Waals surface area contributed by atoms with Gasteiger partial charge in [0.2, 0.25) is 0 Å². The lowest BCUT2D eigenvalue weighted by atomic mass is 9.67. The van der Waals surface area contributed by atoms with E-state index >= 15 is 0 Å². The van der Waals surface area contributed by atoms with E-state index in [-0.39, 0.29) is 11.2 Å². The first kappa shape index (κ1) is 16.0. The van der Waals surface area contributed by atoms with Gasteiger partial charge >= 0.3 is 0 Å². The molecule has 2 N–H and O–H groups in total. The van der Waals surface area contributed by atoms with Gasteiger partial charge in [-0.25, -0.2) is 4.39 Å². The zero-order valence-electron chi connectivity index (χ0n) is 12.3. The lowest BCUT2D eigenvalue weighted by Crippen LogP contribution is -2.37. The van der Waals surface area contributed by atoms with E-state index in [0.29, 0.717) is 11.0 Å². The second-order valence-electron chi connectivity index (χ2n) is 6.33. The Bertz CT molecular complexity index is 439. The summed E-state index contributed by atoms with van der Waals surface area (Å²) in [6.07, 6.45) is 8.41. The summed E-state index contributed by atoms with van der Waals surface area (Å²) in [6, 6.07) is 5.31. The van der Waals surface area contributed by atoms with E-state index in [0.717, 1.165) is 17.9 Å². The highest BCUT2D eigenvalue weighted by Gasteiger charge is 2.34. The largest absolute Gasteiger partial charge is 0.330 e. The molecule has 0 atom stereocenters. The minimum atomic E-state index is -0.172. The molecule has 0 saturated heterocycles. The molecular weight excluding hydrogens is 317 g/mol. The summed E-state index contributed by atoms with van der Waals surface area (Å²) in [6.45, 7) is 2.96. The third-order valence-corrected chi connectivity index (χ3v) is 5.78. The van der Waals surface area contributed by atoms with Crippen molar-refractivity contribution in [2.45, 2.75) is 51.9 Å². The fourth-order valence-corrected chi connectivity index (χ4v) is 3.93. The van der Waals surface area contributed by atoms with E-state index < -0.39 is 0 Å². The van der Waals surface area contributed by atoms with E-state index in [1.165, 1.54) is 44.6 Å². The molecule has 1 nitrogen and oxygen atoms in total. The Labute approximate surface area is 130 Å². The van der Waals surface area contributed by atoms with Gasteiger partial charge in [-0.3, -0.25) is 0 Å². The molecule has 1 fully saturated rings. The highest BCUT2D eigenvalue weighted by Crippen LogP contribution is 2.43. The molecule has 0 amide bonds. The summed E-state index contributed by atoms with van der Waals surface area (Å²) in [5, 5.41) is 0. The second kappa shape index (κ2) is 7.04. The van der Waals surface area contributed by atoms with Crippen molar-refractivity contribution in [2.75, 3.05) is 6.54 Å². The number of benzene rings is 1. The predicted octanol–water partition coefficient (Wildman–Crippen LogP) is 5.07. The maximum Gasteiger partial charge on any atom is 0.137 e. The summed E-state index contributed by atoms with van der Waals surface area (Å²) >= 11 is 3.38. The summed E-state index contributed by atoms with van der Waals surface area (Å²) in [4.78, 5) is 0. The van der Waals surface area contributed by atoms with Crippen molar-refractivity contribution in [2.24, 2.45) is 17.1 Å². The summed E-state index contributed by atoms with van der Waals surface area (Å²) in [7, 11) is 0. The van der Waals surface area contributed by atoms with Crippen LogP contribution >= 0.6 is 15.9 Å². The topological polar surface area (TPSA) is 26.0 Å². The first-order valence-corrected chi connectivity index (χ1v) is 8.52. The van der Waals surface area contributed by atoms with Crippen LogP contribution in [-0.2, 0) is 6.42 Å². The van der Waals surface area contributed by atoms with Gasteiger partial charge in [0.1, 0.15) is 5.82 Å². The van der Waals surface area contributed by atoms with Crippen LogP contribution in [0.2, 0.25) is 0 Å². The first-order chi connectivity index (χ1) is 9.60. The molecule has 1 aromatic rings. The van der Waals surface area contributed by atoms with Crippen LogP contribution in [0.5, 0.6) is 0 Å². The SMILES string of the molecule is CCCC1CCC(CN)(Cc2cccc(F)c2Br)CC1. The molecule has 1 aromatic carbocycles. The van der Waals surface area contributed by atoms with Gasteiger partial charge in [-0.05, 0) is 77.5 Å². The van der Waals surface area contributed by atoms with Crippen molar-refractivity contribution in [3.05, 3.63) is 34.1 Å². The van der Waals surface area contributed by atoms with E-state index in [2.05, 4.69) is 22.9 Å². The molecule has 0 radical (unpaired) electrons. The number of hydrogen-bond donors (Lipinski definition) is 1. The van der Waals surface area contributed by atoms with Gasteiger partial charge in [-0.15, -0.1) is 0 Å². The van der Waals surface area contributed by atoms with Crippen molar-refractivity contribution < 1.29 is 4.39 Å². The van der Waals surface area contributed by atoms with Crippen molar-refractivity contribution in [1.29, 1.82) is 0 Å². The average molecular weight is 342 g/mol. The van der Waals surface area contributed by atoms with Gasteiger partial charge in [0.25, 0.3) is 0 Å². The van der Waals surface area contributed by atoms with Crippen molar-refractivity contribution in [1.82, 2.24) is 0 Å². The average Bonchev–Trinajstić information content (AvgIpc) is 2.46. The Morgan fingerprint density at radius 3 is 2.65 bits per heavy atom. The van der Waals surface area contributed by atoms with Gasteiger partial charge < -0.3 is 5.73 Å². The second-order valence-corrected chi connectivity index (χ2v) is 7.12. The normalized spacial score (nSPS) is 26.7. The monoisotopic (exact) mass is 341 g/mol. The van der Waals surface area contributed by atoms with Crippen LogP contribution in [0.25, 0.3) is 0 Å². The summed E-state index contributed by atoms with van der Waals surface area (Å²) < 4.78 is 14.3. The van der Waals surface area contributed by atoms with E-state index in [1.54, 1.807) is 6.07 Å². The molecule has 1 aliphatic rings. The quantitative estimate of drug-likeness (QED) is 0.795. The maximum absolute atomic E-state index is 13.6. The molecule has 1 saturated carbocycles. The molecular formula is C17H25BrFN. The van der Waals surface area contributed by atoms with Gasteiger partial charge in [0.15, 0.2) is 0 Å². The molecule has 0 unspecified atom stereocenters. The number of hydrogen-bond acceptors (Lipinski definition) is 1. The molecule has 0 aromatic heterocycles. The number of halogens is 2. The third-order valence-electron chi connectivity index (χ3n) is 4.89. The standard InChI is InChI=1S/C17H25BrFN/c1-2-4-13-7-9-17(12-20,10-8-13)11-14-5-3-6-15(19)16(14)18/h3,5-6,13H,2,4,7-12,20H2,1H3. The fraction of sp³-hybridized carbons (Fsp3) is 0.647. The number of nitrogens with two attached hydrogens (primary N) is 1. The lowest BCUT2D eigenvalue weighted by molar-refractivity contribution is 0.150. The van der Waals surface area contributed by atoms with Crippen molar-refractivity contribution in [3.8, 4) is 0 Å². The Kier molecular flexibility index (Phi) is 5.62. The van der Waals surface area contributed by atoms with Gasteiger partial charge in [-0.1, -0.05) is 31.9 Å². The fourth-order valence-electron chi connectivity index (χ4n) is 3.53. The molecule has 112 valence electrons. The number of rotatable bonds is 5. The molecule has 0 spiro atoms. The highest BCUT2D eigenvalue weighted by atomic mass is 79.9. The summed E-state index contributed by atoms with van der Waals surface area (Å²) in [5.41, 5.74) is 7.31.